The van der Waals surface area contributed by atoms with Crippen LogP contribution in [0.3, 0.4) is 0 Å². The van der Waals surface area contributed by atoms with Gasteiger partial charge < -0.3 is 15.0 Å². The van der Waals surface area contributed by atoms with Crippen LogP contribution in [0.1, 0.15) is 48.9 Å². The quantitative estimate of drug-likeness (QED) is 0.691. The van der Waals surface area contributed by atoms with Crippen molar-refractivity contribution >= 4 is 17.9 Å². The Morgan fingerprint density at radius 1 is 1.15 bits per heavy atom. The van der Waals surface area contributed by atoms with Crippen molar-refractivity contribution in [3.05, 3.63) is 76.9 Å². The molecule has 0 saturated carbocycles. The fourth-order valence-electron chi connectivity index (χ4n) is 5.24. The second kappa shape index (κ2) is 9.43. The van der Waals surface area contributed by atoms with Gasteiger partial charge in [-0.3, -0.25) is 9.59 Å². The summed E-state index contributed by atoms with van der Waals surface area (Å²) in [6, 6.07) is 11.7. The number of halogens is 2. The van der Waals surface area contributed by atoms with Gasteiger partial charge in [0.1, 0.15) is 0 Å². The van der Waals surface area contributed by atoms with E-state index in [4.69, 9.17) is 4.74 Å². The van der Waals surface area contributed by atoms with Gasteiger partial charge in [-0.05, 0) is 36.1 Å². The molecular weight excluding hydrogens is 426 g/mol. The molecule has 33 heavy (non-hydrogen) atoms. The first kappa shape index (κ1) is 23.1. The van der Waals surface area contributed by atoms with Gasteiger partial charge in [0.15, 0.2) is 11.6 Å². The maximum Gasteiger partial charge on any atom is 0.246 e. The van der Waals surface area contributed by atoms with Crippen molar-refractivity contribution < 1.29 is 23.1 Å². The van der Waals surface area contributed by atoms with Crippen LogP contribution in [0.25, 0.3) is 6.08 Å². The number of hydrogen-bond acceptors (Lipinski definition) is 3. The summed E-state index contributed by atoms with van der Waals surface area (Å²) >= 11 is 0. The monoisotopic (exact) mass is 454 g/mol. The van der Waals surface area contributed by atoms with Gasteiger partial charge in [0.25, 0.3) is 0 Å². The Balaban J connectivity index is 1.52. The third-order valence-corrected chi connectivity index (χ3v) is 6.93. The minimum absolute atomic E-state index is 0.0313. The van der Waals surface area contributed by atoms with E-state index in [-0.39, 0.29) is 34.9 Å². The van der Waals surface area contributed by atoms with Crippen molar-refractivity contribution in [3.63, 3.8) is 0 Å². The summed E-state index contributed by atoms with van der Waals surface area (Å²) in [6.45, 7) is 2.82. The normalized spacial score (nSPS) is 21.4. The molecule has 1 fully saturated rings. The van der Waals surface area contributed by atoms with Crippen LogP contribution in [0, 0.1) is 11.6 Å². The maximum atomic E-state index is 13.9. The van der Waals surface area contributed by atoms with Crippen molar-refractivity contribution in [2.75, 3.05) is 20.2 Å². The Morgan fingerprint density at radius 3 is 2.58 bits per heavy atom. The fourth-order valence-corrected chi connectivity index (χ4v) is 5.24. The maximum absolute atomic E-state index is 13.9. The number of carbonyl (C=O) groups excluding carboxylic acids is 2. The second-order valence-corrected chi connectivity index (χ2v) is 8.60. The number of methoxy groups -OCH3 is 1. The molecule has 0 radical (unpaired) electrons. The molecule has 5 nitrogen and oxygen atoms in total. The van der Waals surface area contributed by atoms with Crippen molar-refractivity contribution in [1.82, 2.24) is 10.2 Å². The number of rotatable bonds is 5. The highest BCUT2D eigenvalue weighted by Crippen LogP contribution is 2.52. The summed E-state index contributed by atoms with van der Waals surface area (Å²) in [5.41, 5.74) is 1.94. The van der Waals surface area contributed by atoms with Gasteiger partial charge in [-0.25, -0.2) is 8.78 Å². The average Bonchev–Trinajstić information content (AvgIpc) is 3.08. The molecule has 0 aromatic heterocycles. The first-order valence-corrected chi connectivity index (χ1v) is 11.2. The van der Waals surface area contributed by atoms with Gasteiger partial charge in [0.05, 0.1) is 12.1 Å². The number of fused-ring (bicyclic) bond motifs is 2. The Labute approximate surface area is 192 Å². The molecule has 4 rings (SSSR count). The zero-order valence-electron chi connectivity index (χ0n) is 18.8. The third kappa shape index (κ3) is 4.17. The predicted octanol–water partition coefficient (Wildman–Crippen LogP) is 4.13. The number of hydrogen-bond donors (Lipinski definition) is 1. The Bertz CT molecular complexity index is 1080. The summed E-state index contributed by atoms with van der Waals surface area (Å²) in [5.74, 6) is -2.19. The van der Waals surface area contributed by atoms with E-state index in [1.165, 1.54) is 24.3 Å². The van der Waals surface area contributed by atoms with Crippen LogP contribution in [0.4, 0.5) is 8.78 Å². The lowest BCUT2D eigenvalue weighted by Gasteiger charge is -2.43. The smallest absolute Gasteiger partial charge is 0.246 e. The van der Waals surface area contributed by atoms with E-state index >= 15 is 0 Å². The second-order valence-electron chi connectivity index (χ2n) is 8.60. The summed E-state index contributed by atoms with van der Waals surface area (Å²) < 4.78 is 33.2. The van der Waals surface area contributed by atoms with Crippen LogP contribution in [0.2, 0.25) is 0 Å². The molecule has 2 atom stereocenters. The van der Waals surface area contributed by atoms with Crippen molar-refractivity contribution in [3.8, 4) is 0 Å². The van der Waals surface area contributed by atoms with E-state index in [9.17, 15) is 18.4 Å². The van der Waals surface area contributed by atoms with Gasteiger partial charge in [0.2, 0.25) is 11.8 Å². The minimum Gasteiger partial charge on any atom is -0.378 e. The predicted molar refractivity (Wildman–Crippen MR) is 121 cm³/mol. The van der Waals surface area contributed by atoms with Gasteiger partial charge in [0, 0.05) is 43.7 Å². The van der Waals surface area contributed by atoms with Crippen molar-refractivity contribution in [1.29, 1.82) is 0 Å². The van der Waals surface area contributed by atoms with Gasteiger partial charge in [-0.1, -0.05) is 43.3 Å². The number of ether oxygens (including phenoxy) is 1. The number of benzene rings is 2. The van der Waals surface area contributed by atoms with E-state index in [2.05, 4.69) is 11.4 Å². The first-order valence-electron chi connectivity index (χ1n) is 11.2. The molecule has 1 heterocycles. The molecule has 2 aromatic carbocycles. The molecular formula is C26H28F2N2O3. The van der Waals surface area contributed by atoms with Crippen molar-refractivity contribution in [2.24, 2.45) is 0 Å². The Morgan fingerprint density at radius 2 is 1.88 bits per heavy atom. The molecule has 1 aliphatic heterocycles. The lowest BCUT2D eigenvalue weighted by atomic mass is 9.72. The van der Waals surface area contributed by atoms with E-state index in [0.717, 1.165) is 17.2 Å². The highest BCUT2D eigenvalue weighted by molar-refractivity contribution is 5.92. The van der Waals surface area contributed by atoms with E-state index in [0.29, 0.717) is 32.4 Å². The SMILES string of the molecule is CCC(=O)N[C@@H]1c2ccccc2C2(CCN(C(=O)/C=C/c3cccc(F)c3F)CC2)[C@H]1OC. The summed E-state index contributed by atoms with van der Waals surface area (Å²) in [6.07, 6.45) is 4.10. The molecule has 1 N–H and O–H groups in total. The summed E-state index contributed by atoms with van der Waals surface area (Å²) in [4.78, 5) is 26.7. The minimum atomic E-state index is -0.968. The molecule has 2 aromatic rings. The summed E-state index contributed by atoms with van der Waals surface area (Å²) in [7, 11) is 1.66. The zero-order chi connectivity index (χ0) is 23.6. The van der Waals surface area contributed by atoms with E-state index < -0.39 is 11.6 Å². The molecule has 1 spiro atoms. The summed E-state index contributed by atoms with van der Waals surface area (Å²) in [5, 5.41) is 3.12. The lowest BCUT2D eigenvalue weighted by Crippen LogP contribution is -2.51. The van der Waals surface area contributed by atoms with E-state index in [1.807, 2.05) is 25.1 Å². The number of likely N-dealkylation sites (tertiary alicyclic amines) is 1. The lowest BCUT2D eigenvalue weighted by molar-refractivity contribution is -0.128. The van der Waals surface area contributed by atoms with Gasteiger partial charge >= 0.3 is 0 Å². The average molecular weight is 455 g/mol. The molecule has 1 aliphatic carbocycles. The highest BCUT2D eigenvalue weighted by atomic mass is 19.2. The first-order chi connectivity index (χ1) is 15.9. The number of amides is 2. The van der Waals surface area contributed by atoms with Gasteiger partial charge in [-0.2, -0.15) is 0 Å². The number of carbonyl (C=O) groups is 2. The zero-order valence-corrected chi connectivity index (χ0v) is 18.8. The third-order valence-electron chi connectivity index (χ3n) is 6.93. The van der Waals surface area contributed by atoms with Crippen LogP contribution in [0.15, 0.2) is 48.5 Å². The topological polar surface area (TPSA) is 58.6 Å². The molecule has 0 bridgehead atoms. The van der Waals surface area contributed by atoms with E-state index in [1.54, 1.807) is 12.0 Å². The highest BCUT2D eigenvalue weighted by Gasteiger charge is 2.54. The number of piperidine rings is 1. The molecule has 174 valence electrons. The Kier molecular flexibility index (Phi) is 6.61. The number of nitrogens with zero attached hydrogens (tertiary/aromatic N) is 1. The van der Waals surface area contributed by atoms with Crippen LogP contribution in [0.5, 0.6) is 0 Å². The molecule has 2 amide bonds. The van der Waals surface area contributed by atoms with Crippen LogP contribution >= 0.6 is 0 Å². The molecule has 1 saturated heterocycles. The van der Waals surface area contributed by atoms with Gasteiger partial charge in [-0.15, -0.1) is 0 Å². The van der Waals surface area contributed by atoms with Crippen LogP contribution in [-0.4, -0.2) is 43.0 Å². The van der Waals surface area contributed by atoms with Crippen LogP contribution in [-0.2, 0) is 19.7 Å². The molecule has 0 unspecified atom stereocenters. The Hall–Kier alpha value is -3.06. The number of nitrogens with one attached hydrogen (secondary N) is 1. The fraction of sp³-hybridized carbons (Fsp3) is 0.385. The molecule has 7 heteroatoms. The van der Waals surface area contributed by atoms with Crippen LogP contribution < -0.4 is 5.32 Å². The largest absolute Gasteiger partial charge is 0.378 e. The molecule has 2 aliphatic rings. The standard InChI is InChI=1S/C26H28F2N2O3/c1-3-21(31)29-24-18-8-4-5-9-19(18)26(25(24)33-2)13-15-30(16-14-26)22(32)12-11-17-7-6-10-20(27)23(17)28/h4-12,24-25H,3,13-16H2,1-2H3,(H,29,31)/b12-11+/t24-,25+/m1/s1. The van der Waals surface area contributed by atoms with Crippen molar-refractivity contribution in [2.45, 2.75) is 43.7 Å².